The number of carbonyl (C=O) groups is 1. The van der Waals surface area contributed by atoms with Crippen molar-refractivity contribution in [3.05, 3.63) is 35.9 Å². The van der Waals surface area contributed by atoms with Crippen LogP contribution in [0.1, 0.15) is 44.8 Å². The molecule has 1 unspecified atom stereocenters. The van der Waals surface area contributed by atoms with E-state index >= 15 is 0 Å². The second kappa shape index (κ2) is 8.30. The Morgan fingerprint density at radius 2 is 1.91 bits per heavy atom. The van der Waals surface area contributed by atoms with Crippen LogP contribution in [0.5, 0.6) is 0 Å². The van der Waals surface area contributed by atoms with Gasteiger partial charge in [0.1, 0.15) is 0 Å². The summed E-state index contributed by atoms with van der Waals surface area (Å²) in [6.07, 6.45) is 1.41. The third kappa shape index (κ3) is 5.43. The largest absolute Gasteiger partial charge is 0.388 e. The Morgan fingerprint density at radius 1 is 1.27 bits per heavy atom. The molecule has 0 aliphatic carbocycles. The molecule has 1 amide bonds. The summed E-state index contributed by atoms with van der Waals surface area (Å²) in [6.45, 7) is 7.69. The number of aliphatic hydroxyl groups is 1. The molecule has 1 fully saturated rings. The molecule has 1 aromatic rings. The standard InChI is InChI=1S/C18H28N2O2/c1-14(2)13-20-10-8-16(9-11-20)19-18(22)12-17(21)15-6-4-3-5-7-15/h3-7,14,16-17,21H,8-13H2,1-2H3,(H,19,22). The number of hydrogen-bond donors (Lipinski definition) is 2. The zero-order valence-corrected chi connectivity index (χ0v) is 13.7. The van der Waals surface area contributed by atoms with Gasteiger partial charge in [-0.15, -0.1) is 0 Å². The van der Waals surface area contributed by atoms with Crippen LogP contribution < -0.4 is 5.32 Å². The van der Waals surface area contributed by atoms with Gasteiger partial charge in [0.25, 0.3) is 0 Å². The summed E-state index contributed by atoms with van der Waals surface area (Å²) in [7, 11) is 0. The fourth-order valence-corrected chi connectivity index (χ4v) is 3.03. The first kappa shape index (κ1) is 17.0. The molecular weight excluding hydrogens is 276 g/mol. The SMILES string of the molecule is CC(C)CN1CCC(NC(=O)CC(O)c2ccccc2)CC1. The molecular formula is C18H28N2O2. The number of hydrogen-bond acceptors (Lipinski definition) is 3. The molecule has 2 N–H and O–H groups in total. The maximum atomic E-state index is 12.1. The summed E-state index contributed by atoms with van der Waals surface area (Å²) in [5.41, 5.74) is 0.796. The van der Waals surface area contributed by atoms with Crippen molar-refractivity contribution in [1.82, 2.24) is 10.2 Å². The van der Waals surface area contributed by atoms with Crippen molar-refractivity contribution in [2.45, 2.75) is 45.3 Å². The third-order valence-electron chi connectivity index (χ3n) is 4.14. The van der Waals surface area contributed by atoms with Gasteiger partial charge in [0, 0.05) is 25.7 Å². The Labute approximate surface area is 133 Å². The molecule has 0 bridgehead atoms. The van der Waals surface area contributed by atoms with Crippen molar-refractivity contribution in [3.63, 3.8) is 0 Å². The van der Waals surface area contributed by atoms with Crippen molar-refractivity contribution >= 4 is 5.91 Å². The number of benzene rings is 1. The molecule has 1 saturated heterocycles. The first-order chi connectivity index (χ1) is 10.5. The second-order valence-electron chi connectivity index (χ2n) is 6.67. The van der Waals surface area contributed by atoms with Crippen LogP contribution in [-0.4, -0.2) is 41.6 Å². The minimum absolute atomic E-state index is 0.0568. The van der Waals surface area contributed by atoms with Gasteiger partial charge in [-0.2, -0.15) is 0 Å². The van der Waals surface area contributed by atoms with Crippen LogP contribution in [-0.2, 0) is 4.79 Å². The molecule has 4 heteroatoms. The molecule has 0 saturated carbocycles. The van der Waals surface area contributed by atoms with Crippen LogP contribution in [0.2, 0.25) is 0 Å². The average molecular weight is 304 g/mol. The van der Waals surface area contributed by atoms with Gasteiger partial charge in [0.15, 0.2) is 0 Å². The fourth-order valence-electron chi connectivity index (χ4n) is 3.03. The van der Waals surface area contributed by atoms with E-state index in [0.717, 1.165) is 38.0 Å². The first-order valence-electron chi connectivity index (χ1n) is 8.29. The van der Waals surface area contributed by atoms with E-state index in [1.807, 2.05) is 30.3 Å². The molecule has 122 valence electrons. The summed E-state index contributed by atoms with van der Waals surface area (Å²) >= 11 is 0. The lowest BCUT2D eigenvalue weighted by molar-refractivity contribution is -0.124. The number of piperidine rings is 1. The minimum atomic E-state index is -0.720. The van der Waals surface area contributed by atoms with Crippen LogP contribution >= 0.6 is 0 Å². The Morgan fingerprint density at radius 3 is 2.50 bits per heavy atom. The van der Waals surface area contributed by atoms with E-state index in [4.69, 9.17) is 0 Å². The quantitative estimate of drug-likeness (QED) is 0.848. The number of nitrogens with one attached hydrogen (secondary N) is 1. The lowest BCUT2D eigenvalue weighted by atomic mass is 10.0. The van der Waals surface area contributed by atoms with Gasteiger partial charge in [-0.3, -0.25) is 4.79 Å². The van der Waals surface area contributed by atoms with E-state index in [0.29, 0.717) is 5.92 Å². The molecule has 1 heterocycles. The number of nitrogens with zero attached hydrogens (tertiary/aromatic N) is 1. The smallest absolute Gasteiger partial charge is 0.223 e. The van der Waals surface area contributed by atoms with Crippen LogP contribution in [0.4, 0.5) is 0 Å². The molecule has 0 spiro atoms. The Hall–Kier alpha value is -1.39. The van der Waals surface area contributed by atoms with Gasteiger partial charge in [-0.05, 0) is 24.3 Å². The van der Waals surface area contributed by atoms with Gasteiger partial charge >= 0.3 is 0 Å². The van der Waals surface area contributed by atoms with Crippen LogP contribution in [0.25, 0.3) is 0 Å². The van der Waals surface area contributed by atoms with Crippen molar-refractivity contribution in [2.75, 3.05) is 19.6 Å². The summed E-state index contributed by atoms with van der Waals surface area (Å²) in [5, 5.41) is 13.2. The normalized spacial score (nSPS) is 18.4. The van der Waals surface area contributed by atoms with Crippen LogP contribution in [0.3, 0.4) is 0 Å². The Kier molecular flexibility index (Phi) is 6.40. The first-order valence-corrected chi connectivity index (χ1v) is 8.29. The lowest BCUT2D eigenvalue weighted by Crippen LogP contribution is -2.45. The molecule has 0 radical (unpaired) electrons. The van der Waals surface area contributed by atoms with Gasteiger partial charge < -0.3 is 15.3 Å². The van der Waals surface area contributed by atoms with Crippen molar-refractivity contribution < 1.29 is 9.90 Å². The minimum Gasteiger partial charge on any atom is -0.388 e. The monoisotopic (exact) mass is 304 g/mol. The van der Waals surface area contributed by atoms with E-state index in [-0.39, 0.29) is 18.4 Å². The van der Waals surface area contributed by atoms with Crippen LogP contribution in [0, 0.1) is 5.92 Å². The lowest BCUT2D eigenvalue weighted by Gasteiger charge is -2.33. The highest BCUT2D eigenvalue weighted by Crippen LogP contribution is 2.17. The highest BCUT2D eigenvalue weighted by Gasteiger charge is 2.22. The number of amides is 1. The van der Waals surface area contributed by atoms with Crippen molar-refractivity contribution in [2.24, 2.45) is 5.92 Å². The molecule has 1 aliphatic heterocycles. The highest BCUT2D eigenvalue weighted by atomic mass is 16.3. The molecule has 4 nitrogen and oxygen atoms in total. The van der Waals surface area contributed by atoms with E-state index < -0.39 is 6.10 Å². The molecule has 2 rings (SSSR count). The van der Waals surface area contributed by atoms with E-state index in [9.17, 15) is 9.90 Å². The van der Waals surface area contributed by atoms with E-state index in [1.54, 1.807) is 0 Å². The van der Waals surface area contributed by atoms with Gasteiger partial charge in [0.2, 0.25) is 5.91 Å². The molecule has 0 aromatic heterocycles. The number of carbonyl (C=O) groups excluding carboxylic acids is 1. The zero-order chi connectivity index (χ0) is 15.9. The van der Waals surface area contributed by atoms with Crippen molar-refractivity contribution in [3.8, 4) is 0 Å². The summed E-state index contributed by atoms with van der Waals surface area (Å²) in [6, 6.07) is 9.60. The second-order valence-corrected chi connectivity index (χ2v) is 6.67. The number of rotatable bonds is 6. The van der Waals surface area contributed by atoms with E-state index in [1.165, 1.54) is 0 Å². The molecule has 22 heavy (non-hydrogen) atoms. The molecule has 1 atom stereocenters. The van der Waals surface area contributed by atoms with Gasteiger partial charge in [-0.1, -0.05) is 44.2 Å². The summed E-state index contributed by atoms with van der Waals surface area (Å²) in [4.78, 5) is 14.5. The predicted octanol–water partition coefficient (Wildman–Crippen LogP) is 2.35. The topological polar surface area (TPSA) is 52.6 Å². The fraction of sp³-hybridized carbons (Fsp3) is 0.611. The van der Waals surface area contributed by atoms with Gasteiger partial charge in [-0.25, -0.2) is 0 Å². The Bertz CT molecular complexity index is 453. The van der Waals surface area contributed by atoms with Crippen LogP contribution in [0.15, 0.2) is 30.3 Å². The molecule has 1 aliphatic rings. The molecule has 1 aromatic carbocycles. The Balaban J connectivity index is 1.72. The number of likely N-dealkylation sites (tertiary alicyclic amines) is 1. The number of aliphatic hydroxyl groups excluding tert-OH is 1. The van der Waals surface area contributed by atoms with E-state index in [2.05, 4.69) is 24.1 Å². The summed E-state index contributed by atoms with van der Waals surface area (Å²) in [5.74, 6) is 0.630. The van der Waals surface area contributed by atoms with Crippen molar-refractivity contribution in [1.29, 1.82) is 0 Å². The summed E-state index contributed by atoms with van der Waals surface area (Å²) < 4.78 is 0. The highest BCUT2D eigenvalue weighted by molar-refractivity contribution is 5.77. The maximum absolute atomic E-state index is 12.1. The zero-order valence-electron chi connectivity index (χ0n) is 13.7. The maximum Gasteiger partial charge on any atom is 0.223 e. The average Bonchev–Trinajstić information content (AvgIpc) is 2.49. The predicted molar refractivity (Wildman–Crippen MR) is 88.5 cm³/mol. The van der Waals surface area contributed by atoms with Gasteiger partial charge in [0.05, 0.1) is 12.5 Å². The third-order valence-corrected chi connectivity index (χ3v) is 4.14.